The molecule has 44 heavy (non-hydrogen) atoms. The summed E-state index contributed by atoms with van der Waals surface area (Å²) in [5.74, 6) is -5.31. The van der Waals surface area contributed by atoms with Crippen LogP contribution in [0.3, 0.4) is 0 Å². The molecule has 18 nitrogen and oxygen atoms in total. The maximum Gasteiger partial charge on any atom is 0.344 e. The van der Waals surface area contributed by atoms with Crippen LogP contribution in [0.4, 0.5) is 0 Å². The second-order valence-corrected chi connectivity index (χ2v) is 10.4. The lowest BCUT2D eigenvalue weighted by Crippen LogP contribution is -2.63. The molecule has 10 N–H and O–H groups in total. The Kier molecular flexibility index (Phi) is 7.32. The second kappa shape index (κ2) is 10.7. The van der Waals surface area contributed by atoms with Crippen molar-refractivity contribution in [3.8, 4) is 23.0 Å². The molecule has 2 aromatic carbocycles. The molecule has 0 amide bonds. The molecule has 9 unspecified atom stereocenters. The third-order valence-corrected chi connectivity index (χ3v) is 7.83. The van der Waals surface area contributed by atoms with Gasteiger partial charge in [0.2, 0.25) is 17.3 Å². The molecule has 0 radical (unpaired) electrons. The average molecular weight is 626 g/mol. The van der Waals surface area contributed by atoms with Crippen LogP contribution in [0.5, 0.6) is 23.0 Å². The van der Waals surface area contributed by atoms with Crippen LogP contribution >= 0.6 is 0 Å². The van der Waals surface area contributed by atoms with E-state index in [1.807, 2.05) is 0 Å². The average Bonchev–Trinajstić information content (AvgIpc) is 3.24. The van der Waals surface area contributed by atoms with Crippen LogP contribution in [0.1, 0.15) is 0 Å². The first-order chi connectivity index (χ1) is 20.8. The molecule has 4 heterocycles. The fraction of sp³-hybridized carbons (Fsp3) is 0.462. The van der Waals surface area contributed by atoms with Crippen LogP contribution in [0, 0.1) is 0 Å². The summed E-state index contributed by atoms with van der Waals surface area (Å²) in [6.45, 7) is -2.61. The fourth-order valence-electron chi connectivity index (χ4n) is 5.47. The number of benzene rings is 2. The van der Waals surface area contributed by atoms with Gasteiger partial charge in [0.1, 0.15) is 55.9 Å². The van der Waals surface area contributed by atoms with Gasteiger partial charge in [0.15, 0.2) is 29.0 Å². The van der Waals surface area contributed by atoms with Gasteiger partial charge in [-0.2, -0.15) is 0 Å². The van der Waals surface area contributed by atoms with Gasteiger partial charge in [0.25, 0.3) is 0 Å². The smallest absolute Gasteiger partial charge is 0.344 e. The van der Waals surface area contributed by atoms with Crippen LogP contribution in [-0.4, -0.2) is 126 Å². The van der Waals surface area contributed by atoms with Gasteiger partial charge in [-0.25, -0.2) is 9.59 Å². The lowest BCUT2D eigenvalue weighted by molar-refractivity contribution is -0.383. The zero-order valence-corrected chi connectivity index (χ0v) is 22.1. The summed E-state index contributed by atoms with van der Waals surface area (Å²) in [6, 6.07) is 1.89. The van der Waals surface area contributed by atoms with Gasteiger partial charge in [-0.1, -0.05) is 0 Å². The van der Waals surface area contributed by atoms with Crippen molar-refractivity contribution in [3.05, 3.63) is 33.0 Å². The van der Waals surface area contributed by atoms with E-state index in [1.54, 1.807) is 0 Å². The van der Waals surface area contributed by atoms with Crippen LogP contribution in [0.2, 0.25) is 0 Å². The Labute approximate surface area is 242 Å². The van der Waals surface area contributed by atoms with Crippen LogP contribution in [0.25, 0.3) is 32.7 Å². The molecular formula is C26H26O18. The van der Waals surface area contributed by atoms with Crippen molar-refractivity contribution in [2.24, 2.45) is 0 Å². The van der Waals surface area contributed by atoms with E-state index in [0.717, 1.165) is 12.1 Å². The van der Waals surface area contributed by atoms with Crippen molar-refractivity contribution in [2.45, 2.75) is 54.8 Å². The van der Waals surface area contributed by atoms with E-state index in [0.29, 0.717) is 0 Å². The number of aromatic hydroxyl groups is 3. The van der Waals surface area contributed by atoms with E-state index in [1.165, 1.54) is 0 Å². The van der Waals surface area contributed by atoms with E-state index < -0.39 is 120 Å². The molecule has 0 saturated carbocycles. The largest absolute Gasteiger partial charge is 0.504 e. The highest BCUT2D eigenvalue weighted by atomic mass is 16.8. The third kappa shape index (κ3) is 4.35. The second-order valence-electron chi connectivity index (χ2n) is 10.4. The summed E-state index contributed by atoms with van der Waals surface area (Å²) in [4.78, 5) is 25.5. The minimum absolute atomic E-state index is 0.131. The number of aliphatic hydroxyl groups excluding tert-OH is 7. The molecule has 238 valence electrons. The number of rotatable bonds is 7. The van der Waals surface area contributed by atoms with E-state index >= 15 is 0 Å². The van der Waals surface area contributed by atoms with Crippen molar-refractivity contribution in [2.75, 3.05) is 19.8 Å². The Morgan fingerprint density at radius 3 is 1.98 bits per heavy atom. The molecule has 2 aliphatic heterocycles. The van der Waals surface area contributed by atoms with Gasteiger partial charge in [-0.3, -0.25) is 0 Å². The Balaban J connectivity index is 1.32. The molecule has 18 heteroatoms. The van der Waals surface area contributed by atoms with Gasteiger partial charge in [-0.05, 0) is 12.1 Å². The van der Waals surface area contributed by atoms with E-state index in [2.05, 4.69) is 0 Å². The highest BCUT2D eigenvalue weighted by molar-refractivity contribution is 6.22. The number of hydrogen-bond donors (Lipinski definition) is 10. The third-order valence-electron chi connectivity index (χ3n) is 7.83. The molecule has 0 spiro atoms. The summed E-state index contributed by atoms with van der Waals surface area (Å²) in [5.41, 5.74) is -3.24. The number of phenols is 3. The van der Waals surface area contributed by atoms with Gasteiger partial charge < -0.3 is 78.8 Å². The zero-order valence-electron chi connectivity index (χ0n) is 22.1. The summed E-state index contributed by atoms with van der Waals surface area (Å²) in [6.07, 6.45) is -14.4. The van der Waals surface area contributed by atoms with Gasteiger partial charge in [-0.15, -0.1) is 0 Å². The predicted molar refractivity (Wildman–Crippen MR) is 139 cm³/mol. The molecule has 0 aliphatic carbocycles. The molecule has 2 fully saturated rings. The maximum absolute atomic E-state index is 12.8. The number of phenolic OH excluding ortho intramolecular Hbond substituents is 3. The highest BCUT2D eigenvalue weighted by Gasteiger charge is 2.58. The van der Waals surface area contributed by atoms with Gasteiger partial charge in [0, 0.05) is 10.8 Å². The predicted octanol–water partition coefficient (Wildman–Crippen LogP) is -3.39. The summed E-state index contributed by atoms with van der Waals surface area (Å²) in [5, 5.41) is 101. The van der Waals surface area contributed by atoms with E-state index in [-0.39, 0.29) is 21.5 Å². The summed E-state index contributed by atoms with van der Waals surface area (Å²) >= 11 is 0. The monoisotopic (exact) mass is 626 g/mol. The minimum atomic E-state index is -2.42. The number of ether oxygens (including phenoxy) is 4. The fourth-order valence-corrected chi connectivity index (χ4v) is 5.47. The van der Waals surface area contributed by atoms with Gasteiger partial charge in [0.05, 0.1) is 17.4 Å². The molecule has 4 aromatic rings. The molecule has 2 aliphatic rings. The Morgan fingerprint density at radius 2 is 1.39 bits per heavy atom. The first-order valence-electron chi connectivity index (χ1n) is 13.0. The quantitative estimate of drug-likeness (QED) is 0.0543. The topological polar surface area (TPSA) is 300 Å². The Bertz CT molecular complexity index is 1830. The van der Waals surface area contributed by atoms with Gasteiger partial charge >= 0.3 is 11.3 Å². The van der Waals surface area contributed by atoms with Crippen molar-refractivity contribution in [1.82, 2.24) is 0 Å². The maximum atomic E-state index is 12.8. The Hall–Kier alpha value is -3.82. The molecule has 2 aromatic heterocycles. The molecular weight excluding hydrogens is 600 g/mol. The first-order valence-corrected chi connectivity index (χ1v) is 13.0. The van der Waals surface area contributed by atoms with Crippen LogP contribution in [-0.2, 0) is 14.2 Å². The van der Waals surface area contributed by atoms with Crippen LogP contribution < -0.4 is 16.0 Å². The zero-order chi connectivity index (χ0) is 31.8. The SMILES string of the molecule is O=c1oc2c(O)c(OCC3OC(OC4(CO)OC(CO)C(O)C4O)C(O)C(O)C3O)cc3c(=O)oc4c(O)c(O)cc1c4c23. The first kappa shape index (κ1) is 30.2. The lowest BCUT2D eigenvalue weighted by Gasteiger charge is -2.43. The molecule has 0 bridgehead atoms. The van der Waals surface area contributed by atoms with E-state index in [9.17, 15) is 60.7 Å². The summed E-state index contributed by atoms with van der Waals surface area (Å²) < 4.78 is 32.1. The summed E-state index contributed by atoms with van der Waals surface area (Å²) in [7, 11) is 0. The number of hydrogen-bond acceptors (Lipinski definition) is 18. The normalized spacial score (nSPS) is 32.7. The molecule has 6 rings (SSSR count). The van der Waals surface area contributed by atoms with Crippen molar-refractivity contribution >= 4 is 32.7 Å². The Morgan fingerprint density at radius 1 is 0.773 bits per heavy atom. The van der Waals surface area contributed by atoms with E-state index in [4.69, 9.17) is 27.8 Å². The van der Waals surface area contributed by atoms with Crippen LogP contribution in [0.15, 0.2) is 30.6 Å². The van der Waals surface area contributed by atoms with Crippen molar-refractivity contribution in [3.63, 3.8) is 0 Å². The standard InChI is InChI=1S/C26H26O18/c27-3-10-17(33)22(36)26(5-28,43-10)44-25-19(35)18(34)15(31)11(40-25)4-39-9-2-7-13-12-6(23(37)42-21(13)16(9)32)1-8(29)14(30)20(12)41-24(7)38/h1-2,10-11,15,17-19,22,25,27-36H,3-5H2. The van der Waals surface area contributed by atoms with Crippen molar-refractivity contribution < 1.29 is 78.8 Å². The molecule has 9 atom stereocenters. The lowest BCUT2D eigenvalue weighted by atomic mass is 9.98. The highest BCUT2D eigenvalue weighted by Crippen LogP contribution is 2.45. The number of aliphatic hydroxyl groups is 7. The molecule has 2 saturated heterocycles. The minimum Gasteiger partial charge on any atom is -0.504 e. The van der Waals surface area contributed by atoms with Crippen molar-refractivity contribution in [1.29, 1.82) is 0 Å².